The Morgan fingerprint density at radius 1 is 1.14 bits per heavy atom. The van der Waals surface area contributed by atoms with E-state index in [1.165, 1.54) is 25.5 Å². The molecule has 4 bridgehead atoms. The molecule has 1 aromatic heterocycles. The van der Waals surface area contributed by atoms with Crippen LogP contribution in [0.15, 0.2) is 10.7 Å². The zero-order chi connectivity index (χ0) is 20.4. The molecule has 4 saturated carbocycles. The first-order valence-corrected chi connectivity index (χ1v) is 11.3. The summed E-state index contributed by atoms with van der Waals surface area (Å²) >= 11 is 0. The van der Waals surface area contributed by atoms with Gasteiger partial charge in [-0.3, -0.25) is 4.79 Å². The van der Waals surface area contributed by atoms with Gasteiger partial charge in [-0.25, -0.2) is 9.78 Å². The summed E-state index contributed by atoms with van der Waals surface area (Å²) in [5.74, 6) is 2.54. The van der Waals surface area contributed by atoms with Crippen molar-refractivity contribution in [2.24, 2.45) is 17.8 Å². The first-order valence-electron chi connectivity index (χ1n) is 11.3. The molecule has 0 spiro atoms. The Morgan fingerprint density at radius 2 is 1.79 bits per heavy atom. The first-order chi connectivity index (χ1) is 14.0. The number of carbonyl (C=O) groups is 2. The number of hydrogen-bond acceptors (Lipinski definition) is 4. The minimum Gasteiger partial charge on any atom is -0.446 e. The van der Waals surface area contributed by atoms with Crippen LogP contribution in [0.3, 0.4) is 0 Å². The highest BCUT2D eigenvalue weighted by molar-refractivity contribution is 5.91. The van der Waals surface area contributed by atoms with E-state index in [4.69, 9.17) is 4.42 Å². The van der Waals surface area contributed by atoms with Crippen LogP contribution in [0.1, 0.15) is 81.6 Å². The second-order valence-corrected chi connectivity index (χ2v) is 9.43. The zero-order valence-electron chi connectivity index (χ0n) is 17.7. The maximum absolute atomic E-state index is 13.2. The fourth-order valence-electron chi connectivity index (χ4n) is 6.07. The number of hydrogen-bond donors (Lipinski definition) is 2. The fourth-order valence-corrected chi connectivity index (χ4v) is 6.07. The first kappa shape index (κ1) is 20.2. The minimum atomic E-state index is -0.234. The summed E-state index contributed by atoms with van der Waals surface area (Å²) in [6, 6.07) is -0.0241. The second kappa shape index (κ2) is 8.36. The monoisotopic (exact) mass is 402 g/mol. The van der Waals surface area contributed by atoms with E-state index in [-0.39, 0.29) is 29.7 Å². The predicted octanol–water partition coefficient (Wildman–Crippen LogP) is 3.70. The third-order valence-corrected chi connectivity index (χ3v) is 6.84. The Balaban J connectivity index is 1.39. The van der Waals surface area contributed by atoms with Crippen LogP contribution in [0.25, 0.3) is 0 Å². The minimum absolute atomic E-state index is 0.0143. The Bertz CT molecular complexity index is 709. The number of amides is 3. The summed E-state index contributed by atoms with van der Waals surface area (Å²) in [6.07, 6.45) is 10.6. The van der Waals surface area contributed by atoms with Crippen molar-refractivity contribution in [1.82, 2.24) is 20.5 Å². The van der Waals surface area contributed by atoms with E-state index in [1.807, 2.05) is 6.92 Å². The lowest BCUT2D eigenvalue weighted by Crippen LogP contribution is -2.61. The van der Waals surface area contributed by atoms with Gasteiger partial charge in [-0.15, -0.1) is 0 Å². The van der Waals surface area contributed by atoms with E-state index in [2.05, 4.69) is 22.5 Å². The smallest absolute Gasteiger partial charge is 0.318 e. The van der Waals surface area contributed by atoms with E-state index in [0.29, 0.717) is 19.0 Å². The maximum Gasteiger partial charge on any atom is 0.318 e. The molecule has 3 amide bonds. The summed E-state index contributed by atoms with van der Waals surface area (Å²) in [5.41, 5.74) is 0.256. The number of rotatable bonds is 8. The van der Waals surface area contributed by atoms with Crippen molar-refractivity contribution < 1.29 is 14.0 Å². The molecule has 0 saturated heterocycles. The molecule has 5 rings (SSSR count). The highest BCUT2D eigenvalue weighted by Crippen LogP contribution is 2.55. The van der Waals surface area contributed by atoms with E-state index < -0.39 is 0 Å². The summed E-state index contributed by atoms with van der Waals surface area (Å²) in [7, 11) is 0. The molecule has 4 fully saturated rings. The van der Waals surface area contributed by atoms with Crippen molar-refractivity contribution >= 4 is 11.9 Å². The van der Waals surface area contributed by atoms with Crippen molar-refractivity contribution in [2.75, 3.05) is 13.1 Å². The SMILES string of the molecule is CCCNC(=O)c1coc(CN(CCC)C(=O)NC23CC4CC(CC(C4)C2)C3)n1. The van der Waals surface area contributed by atoms with Gasteiger partial charge in [-0.05, 0) is 69.1 Å². The Hall–Kier alpha value is -2.05. The van der Waals surface area contributed by atoms with E-state index >= 15 is 0 Å². The van der Waals surface area contributed by atoms with Crippen molar-refractivity contribution in [3.05, 3.63) is 17.8 Å². The molecule has 4 aliphatic rings. The van der Waals surface area contributed by atoms with Crippen molar-refractivity contribution in [2.45, 2.75) is 77.3 Å². The zero-order valence-corrected chi connectivity index (χ0v) is 17.7. The Labute approximate surface area is 173 Å². The molecule has 29 heavy (non-hydrogen) atoms. The van der Waals surface area contributed by atoms with Gasteiger partial charge in [0.05, 0.1) is 6.54 Å². The number of nitrogens with zero attached hydrogens (tertiary/aromatic N) is 2. The van der Waals surface area contributed by atoms with Gasteiger partial charge < -0.3 is 20.0 Å². The van der Waals surface area contributed by atoms with E-state index in [9.17, 15) is 9.59 Å². The van der Waals surface area contributed by atoms with Crippen LogP contribution in [-0.4, -0.2) is 40.5 Å². The average molecular weight is 403 g/mol. The Kier molecular flexibility index (Phi) is 5.83. The van der Waals surface area contributed by atoms with Crippen molar-refractivity contribution in [3.63, 3.8) is 0 Å². The number of nitrogens with one attached hydrogen (secondary N) is 2. The van der Waals surface area contributed by atoms with Crippen LogP contribution in [0, 0.1) is 17.8 Å². The van der Waals surface area contributed by atoms with Crippen LogP contribution in [0.4, 0.5) is 4.79 Å². The molecule has 7 heteroatoms. The van der Waals surface area contributed by atoms with Gasteiger partial charge in [0, 0.05) is 18.6 Å². The number of urea groups is 1. The molecule has 0 unspecified atom stereocenters. The molecule has 0 atom stereocenters. The van der Waals surface area contributed by atoms with Crippen LogP contribution in [-0.2, 0) is 6.54 Å². The van der Waals surface area contributed by atoms with Crippen LogP contribution in [0.2, 0.25) is 0 Å². The standard InChI is InChI=1S/C22H34N4O3/c1-3-5-23-20(27)18-14-29-19(24-18)13-26(6-4-2)21(28)25-22-10-15-7-16(11-22)9-17(8-15)12-22/h14-17H,3-13H2,1-2H3,(H,23,27)(H,25,28). The van der Waals surface area contributed by atoms with Gasteiger partial charge in [-0.2, -0.15) is 0 Å². The van der Waals surface area contributed by atoms with Crippen LogP contribution >= 0.6 is 0 Å². The summed E-state index contributed by atoms with van der Waals surface area (Å²) in [6.45, 7) is 5.59. The molecule has 4 aliphatic carbocycles. The van der Waals surface area contributed by atoms with Crippen LogP contribution < -0.4 is 10.6 Å². The fraction of sp³-hybridized carbons (Fsp3) is 0.773. The quantitative estimate of drug-likeness (QED) is 0.694. The van der Waals surface area contributed by atoms with Crippen molar-refractivity contribution in [1.29, 1.82) is 0 Å². The Morgan fingerprint density at radius 3 is 2.38 bits per heavy atom. The maximum atomic E-state index is 13.2. The lowest BCUT2D eigenvalue weighted by molar-refractivity contribution is -0.0159. The third-order valence-electron chi connectivity index (χ3n) is 6.84. The molecule has 1 heterocycles. The largest absolute Gasteiger partial charge is 0.446 e. The van der Waals surface area contributed by atoms with E-state index in [1.54, 1.807) is 4.90 Å². The molecule has 0 aliphatic heterocycles. The molecule has 1 aromatic rings. The number of carbonyl (C=O) groups excluding carboxylic acids is 2. The van der Waals surface area contributed by atoms with Gasteiger partial charge >= 0.3 is 6.03 Å². The van der Waals surface area contributed by atoms with Gasteiger partial charge in [-0.1, -0.05) is 13.8 Å². The van der Waals surface area contributed by atoms with Gasteiger partial charge in [0.15, 0.2) is 5.69 Å². The molecule has 160 valence electrons. The lowest BCUT2D eigenvalue weighted by atomic mass is 9.53. The normalized spacial score (nSPS) is 29.7. The number of aromatic nitrogens is 1. The van der Waals surface area contributed by atoms with E-state index in [0.717, 1.165) is 49.9 Å². The molecule has 2 N–H and O–H groups in total. The summed E-state index contributed by atoms with van der Waals surface area (Å²) in [5, 5.41) is 6.22. The molecule has 0 aromatic carbocycles. The van der Waals surface area contributed by atoms with Gasteiger partial charge in [0.2, 0.25) is 5.89 Å². The van der Waals surface area contributed by atoms with Gasteiger partial charge in [0.25, 0.3) is 5.91 Å². The highest BCUT2D eigenvalue weighted by Gasteiger charge is 2.51. The average Bonchev–Trinajstić information content (AvgIpc) is 3.13. The van der Waals surface area contributed by atoms with Gasteiger partial charge in [0.1, 0.15) is 6.26 Å². The molecule has 7 nitrogen and oxygen atoms in total. The summed E-state index contributed by atoms with van der Waals surface area (Å²) < 4.78 is 5.49. The summed E-state index contributed by atoms with van der Waals surface area (Å²) in [4.78, 5) is 31.3. The third kappa shape index (κ3) is 4.43. The van der Waals surface area contributed by atoms with Crippen molar-refractivity contribution in [3.8, 4) is 0 Å². The highest BCUT2D eigenvalue weighted by atomic mass is 16.3. The lowest BCUT2D eigenvalue weighted by Gasteiger charge is -2.57. The molecule has 0 radical (unpaired) electrons. The number of oxazole rings is 1. The topological polar surface area (TPSA) is 87.5 Å². The predicted molar refractivity (Wildman–Crippen MR) is 109 cm³/mol. The molecular weight excluding hydrogens is 368 g/mol. The second-order valence-electron chi connectivity index (χ2n) is 9.43. The van der Waals surface area contributed by atoms with Crippen LogP contribution in [0.5, 0.6) is 0 Å². The molecular formula is C22H34N4O3.